The highest BCUT2D eigenvalue weighted by Crippen LogP contribution is 2.45. The number of aldehydes is 1. The molecule has 0 aromatic heterocycles. The van der Waals surface area contributed by atoms with Gasteiger partial charge in [-0.2, -0.15) is 0 Å². The van der Waals surface area contributed by atoms with Gasteiger partial charge in [-0.1, -0.05) is 19.1 Å². The predicted octanol–water partition coefficient (Wildman–Crippen LogP) is 1.16. The van der Waals surface area contributed by atoms with E-state index in [2.05, 4.69) is 13.0 Å². The zero-order chi connectivity index (χ0) is 8.06. The lowest BCUT2D eigenvalue weighted by Crippen LogP contribution is -2.32. The summed E-state index contributed by atoms with van der Waals surface area (Å²) >= 11 is 0. The third kappa shape index (κ3) is 0.732. The van der Waals surface area contributed by atoms with E-state index < -0.39 is 0 Å². The Kier molecular flexibility index (Phi) is 1.25. The first-order valence-electron chi connectivity index (χ1n) is 4.00. The van der Waals surface area contributed by atoms with Crippen LogP contribution in [0.15, 0.2) is 12.2 Å². The number of rotatable bonds is 1. The Morgan fingerprint density at radius 1 is 1.64 bits per heavy atom. The van der Waals surface area contributed by atoms with Crippen LogP contribution in [-0.4, -0.2) is 18.0 Å². The van der Waals surface area contributed by atoms with Crippen LogP contribution in [0.4, 0.5) is 0 Å². The van der Waals surface area contributed by atoms with Crippen molar-refractivity contribution in [1.29, 1.82) is 0 Å². The molecule has 0 saturated carbocycles. The third-order valence-electron chi connectivity index (χ3n) is 2.90. The van der Waals surface area contributed by atoms with Crippen molar-refractivity contribution in [2.24, 2.45) is 11.8 Å². The maximum atomic E-state index is 10.7. The Labute approximate surface area is 66.2 Å². The summed E-state index contributed by atoms with van der Waals surface area (Å²) in [6, 6.07) is 0. The van der Waals surface area contributed by atoms with Gasteiger partial charge >= 0.3 is 0 Å². The summed E-state index contributed by atoms with van der Waals surface area (Å²) in [5, 5.41) is 0. The molecule has 2 rings (SSSR count). The second-order valence-corrected chi connectivity index (χ2v) is 3.65. The van der Waals surface area contributed by atoms with E-state index in [1.807, 2.05) is 13.0 Å². The number of hydrogen-bond acceptors (Lipinski definition) is 2. The average Bonchev–Trinajstić information content (AvgIpc) is 2.42. The molecule has 2 bridgehead atoms. The molecular formula is C9H12O2. The van der Waals surface area contributed by atoms with Crippen LogP contribution >= 0.6 is 0 Å². The predicted molar refractivity (Wildman–Crippen MR) is 41.1 cm³/mol. The van der Waals surface area contributed by atoms with Gasteiger partial charge in [0.05, 0.1) is 17.6 Å². The van der Waals surface area contributed by atoms with Crippen LogP contribution in [-0.2, 0) is 9.53 Å². The molecule has 2 nitrogen and oxygen atoms in total. The highest BCUT2D eigenvalue weighted by Gasteiger charge is 2.51. The van der Waals surface area contributed by atoms with Crippen LogP contribution in [0.3, 0.4) is 0 Å². The lowest BCUT2D eigenvalue weighted by Gasteiger charge is -2.23. The molecular weight excluding hydrogens is 140 g/mol. The van der Waals surface area contributed by atoms with Gasteiger partial charge in [0.1, 0.15) is 6.29 Å². The van der Waals surface area contributed by atoms with Crippen LogP contribution in [0.2, 0.25) is 0 Å². The summed E-state index contributed by atoms with van der Waals surface area (Å²) in [5.74, 6) is 0.403. The molecule has 2 heterocycles. The topological polar surface area (TPSA) is 26.3 Å². The number of ether oxygens (including phenoxy) is 1. The molecule has 0 aromatic carbocycles. The van der Waals surface area contributed by atoms with E-state index in [4.69, 9.17) is 4.74 Å². The van der Waals surface area contributed by atoms with Crippen LogP contribution in [0.1, 0.15) is 13.8 Å². The molecule has 11 heavy (non-hydrogen) atoms. The van der Waals surface area contributed by atoms with E-state index in [9.17, 15) is 4.79 Å². The molecule has 0 radical (unpaired) electrons. The van der Waals surface area contributed by atoms with Crippen molar-refractivity contribution in [1.82, 2.24) is 0 Å². The fraction of sp³-hybridized carbons (Fsp3) is 0.667. The summed E-state index contributed by atoms with van der Waals surface area (Å²) < 4.78 is 5.63. The first kappa shape index (κ1) is 7.04. The molecule has 0 aromatic rings. The first-order chi connectivity index (χ1) is 5.17. The molecule has 0 N–H and O–H groups in total. The van der Waals surface area contributed by atoms with Crippen molar-refractivity contribution in [2.45, 2.75) is 25.6 Å². The van der Waals surface area contributed by atoms with Crippen LogP contribution in [0.5, 0.6) is 0 Å². The normalized spacial score (nSPS) is 53.5. The second-order valence-electron chi connectivity index (χ2n) is 3.65. The summed E-state index contributed by atoms with van der Waals surface area (Å²) in [6.45, 7) is 4.05. The molecule has 0 aliphatic carbocycles. The van der Waals surface area contributed by atoms with E-state index in [0.717, 1.165) is 6.29 Å². The molecule has 4 atom stereocenters. The van der Waals surface area contributed by atoms with Crippen molar-refractivity contribution in [2.75, 3.05) is 0 Å². The van der Waals surface area contributed by atoms with E-state index in [1.165, 1.54) is 0 Å². The number of hydrogen-bond donors (Lipinski definition) is 0. The van der Waals surface area contributed by atoms with Gasteiger partial charge in [0.2, 0.25) is 0 Å². The van der Waals surface area contributed by atoms with Crippen molar-refractivity contribution >= 4 is 6.29 Å². The summed E-state index contributed by atoms with van der Waals surface area (Å²) in [4.78, 5) is 10.7. The number of fused-ring (bicyclic) bond motifs is 2. The molecule has 0 amide bonds. The lowest BCUT2D eigenvalue weighted by molar-refractivity contribution is -0.114. The third-order valence-corrected chi connectivity index (χ3v) is 2.90. The van der Waals surface area contributed by atoms with Crippen molar-refractivity contribution in [3.63, 3.8) is 0 Å². The van der Waals surface area contributed by atoms with E-state index in [1.54, 1.807) is 0 Å². The summed E-state index contributed by atoms with van der Waals surface area (Å²) in [7, 11) is 0. The van der Waals surface area contributed by atoms with Crippen molar-refractivity contribution in [3.8, 4) is 0 Å². The van der Waals surface area contributed by atoms with Gasteiger partial charge in [-0.15, -0.1) is 0 Å². The minimum atomic E-state index is -0.300. The monoisotopic (exact) mass is 152 g/mol. The number of carbonyl (C=O) groups is 1. The SMILES string of the molecule is C[C@H]1[C@@H](C=O)[C@]2(C)C=C[C@H]1O2. The maximum Gasteiger partial charge on any atom is 0.126 e. The Morgan fingerprint density at radius 3 is 2.73 bits per heavy atom. The van der Waals surface area contributed by atoms with Crippen LogP contribution < -0.4 is 0 Å². The molecule has 1 saturated heterocycles. The summed E-state index contributed by atoms with van der Waals surface area (Å²) in [6.07, 6.45) is 5.27. The minimum absolute atomic E-state index is 0.0532. The highest BCUT2D eigenvalue weighted by molar-refractivity contribution is 5.59. The minimum Gasteiger partial charge on any atom is -0.363 e. The molecule has 60 valence electrons. The lowest BCUT2D eigenvalue weighted by atomic mass is 9.78. The standard InChI is InChI=1S/C9H12O2/c1-6-7(5-10)9(2)4-3-8(6)11-9/h3-8H,1-2H3/t6-,7+,8+,9-/m0/s1. The van der Waals surface area contributed by atoms with Gasteiger partial charge < -0.3 is 9.53 Å². The van der Waals surface area contributed by atoms with Gasteiger partial charge in [-0.05, 0) is 12.8 Å². The fourth-order valence-electron chi connectivity index (χ4n) is 2.12. The Morgan fingerprint density at radius 2 is 2.36 bits per heavy atom. The average molecular weight is 152 g/mol. The Hall–Kier alpha value is -0.630. The maximum absolute atomic E-state index is 10.7. The van der Waals surface area contributed by atoms with E-state index >= 15 is 0 Å². The molecule has 2 aliphatic rings. The fourth-order valence-corrected chi connectivity index (χ4v) is 2.12. The molecule has 0 unspecified atom stereocenters. The van der Waals surface area contributed by atoms with Gasteiger partial charge in [-0.3, -0.25) is 0 Å². The Bertz CT molecular complexity index is 222. The van der Waals surface area contributed by atoms with Gasteiger partial charge in [-0.25, -0.2) is 0 Å². The van der Waals surface area contributed by atoms with E-state index in [0.29, 0.717) is 5.92 Å². The number of carbonyl (C=O) groups excluding carboxylic acids is 1. The molecule has 2 heteroatoms. The van der Waals surface area contributed by atoms with Crippen molar-refractivity contribution < 1.29 is 9.53 Å². The molecule has 0 spiro atoms. The van der Waals surface area contributed by atoms with Crippen LogP contribution in [0, 0.1) is 11.8 Å². The highest BCUT2D eigenvalue weighted by atomic mass is 16.5. The van der Waals surface area contributed by atoms with Gasteiger partial charge in [0.25, 0.3) is 0 Å². The zero-order valence-corrected chi connectivity index (χ0v) is 6.78. The van der Waals surface area contributed by atoms with Gasteiger partial charge in [0, 0.05) is 0 Å². The first-order valence-corrected chi connectivity index (χ1v) is 4.00. The van der Waals surface area contributed by atoms with Crippen LogP contribution in [0.25, 0.3) is 0 Å². The van der Waals surface area contributed by atoms with Gasteiger partial charge in [0.15, 0.2) is 0 Å². The zero-order valence-electron chi connectivity index (χ0n) is 6.78. The quantitative estimate of drug-likeness (QED) is 0.416. The molecule has 2 aliphatic heterocycles. The van der Waals surface area contributed by atoms with E-state index in [-0.39, 0.29) is 17.6 Å². The summed E-state index contributed by atoms with van der Waals surface area (Å²) in [5.41, 5.74) is -0.300. The van der Waals surface area contributed by atoms with Crippen molar-refractivity contribution in [3.05, 3.63) is 12.2 Å². The molecule has 1 fully saturated rings. The second kappa shape index (κ2) is 1.95. The smallest absolute Gasteiger partial charge is 0.126 e. The Balaban J connectivity index is 2.36. The largest absolute Gasteiger partial charge is 0.363 e.